The molecule has 0 radical (unpaired) electrons. The largest absolute Gasteiger partial charge is 0.490 e. The molecule has 1 heterocycles. The van der Waals surface area contributed by atoms with Gasteiger partial charge in [-0.05, 0) is 32.8 Å². The van der Waals surface area contributed by atoms with Crippen LogP contribution in [-0.2, 0) is 22.7 Å². The second kappa shape index (κ2) is 8.45. The maximum Gasteiger partial charge on any atom is 0.258 e. The van der Waals surface area contributed by atoms with Gasteiger partial charge in [-0.1, -0.05) is 19.1 Å². The van der Waals surface area contributed by atoms with Gasteiger partial charge in [-0.3, -0.25) is 14.4 Å². The molecule has 0 spiro atoms. The molecule has 1 atom stereocenters. The molecule has 1 aliphatic heterocycles. The van der Waals surface area contributed by atoms with Gasteiger partial charge in [0, 0.05) is 24.9 Å². The van der Waals surface area contributed by atoms with E-state index in [4.69, 9.17) is 4.74 Å². The molecule has 1 amide bonds. The highest BCUT2D eigenvalue weighted by Crippen LogP contribution is 2.36. The van der Waals surface area contributed by atoms with Gasteiger partial charge in [-0.2, -0.15) is 0 Å². The molecule has 1 aliphatic rings. The highest BCUT2D eigenvalue weighted by atomic mass is 16.5. The summed E-state index contributed by atoms with van der Waals surface area (Å²) < 4.78 is 5.81. The van der Waals surface area contributed by atoms with Crippen molar-refractivity contribution >= 4 is 17.5 Å². The van der Waals surface area contributed by atoms with Gasteiger partial charge in [0.05, 0.1) is 24.3 Å². The first kappa shape index (κ1) is 20.1. The topological polar surface area (TPSA) is 83.9 Å². The van der Waals surface area contributed by atoms with Crippen LogP contribution in [0.2, 0.25) is 0 Å². The molecule has 1 N–H and O–H groups in total. The normalized spacial score (nSPS) is 14.5. The van der Waals surface area contributed by atoms with Crippen molar-refractivity contribution in [3.8, 4) is 5.75 Å². The predicted octanol–water partition coefficient (Wildman–Crippen LogP) is 2.64. The van der Waals surface area contributed by atoms with Gasteiger partial charge in [0.15, 0.2) is 5.78 Å². The number of nitrogens with zero attached hydrogens (tertiary/aromatic N) is 1. The number of carbonyl (C=O) groups excluding carboxylic acids is 3. The zero-order chi connectivity index (χ0) is 19.4. The van der Waals surface area contributed by atoms with Crippen molar-refractivity contribution in [2.45, 2.75) is 72.3 Å². The minimum absolute atomic E-state index is 0.0757. The van der Waals surface area contributed by atoms with Crippen LogP contribution in [0.25, 0.3) is 0 Å². The number of fused-ring (bicyclic) bond motifs is 1. The van der Waals surface area contributed by atoms with Crippen LogP contribution in [0.1, 0.15) is 68.4 Å². The van der Waals surface area contributed by atoms with E-state index in [2.05, 4.69) is 0 Å². The number of aliphatic hydroxyl groups is 1. The summed E-state index contributed by atoms with van der Waals surface area (Å²) in [4.78, 5) is 38.4. The van der Waals surface area contributed by atoms with E-state index < -0.39 is 6.04 Å². The fourth-order valence-corrected chi connectivity index (χ4v) is 3.23. The Kier molecular flexibility index (Phi) is 6.53. The number of amides is 1. The lowest BCUT2D eigenvalue weighted by atomic mass is 10.0. The summed E-state index contributed by atoms with van der Waals surface area (Å²) in [5, 5.41) is 9.59. The summed E-state index contributed by atoms with van der Waals surface area (Å²) in [6.45, 7) is 7.01. The third-order valence-corrected chi connectivity index (χ3v) is 4.60. The van der Waals surface area contributed by atoms with E-state index in [1.807, 2.05) is 13.8 Å². The second-order valence-electron chi connectivity index (χ2n) is 6.90. The number of carbonyl (C=O) groups is 3. The van der Waals surface area contributed by atoms with E-state index >= 15 is 0 Å². The van der Waals surface area contributed by atoms with Gasteiger partial charge in [-0.25, -0.2) is 0 Å². The number of Topliss-reactive ketones (excluding diaryl/α,β-unsaturated/α-hetero) is 2. The van der Waals surface area contributed by atoms with Crippen molar-refractivity contribution in [1.29, 1.82) is 0 Å². The first-order chi connectivity index (χ1) is 12.3. The SMILES string of the molecule is CCC(=O)CCC(C(C)=O)N1Cc2ccc(CO)c(OC(C)C)c2C1=O. The number of ketones is 2. The molecule has 2 rings (SSSR count). The zero-order valence-corrected chi connectivity index (χ0v) is 15.9. The number of ether oxygens (including phenoxy) is 1. The highest BCUT2D eigenvalue weighted by Gasteiger charge is 2.38. The van der Waals surface area contributed by atoms with Crippen molar-refractivity contribution in [3.05, 3.63) is 28.8 Å². The Morgan fingerprint density at radius 1 is 1.31 bits per heavy atom. The smallest absolute Gasteiger partial charge is 0.258 e. The molecule has 142 valence electrons. The third-order valence-electron chi connectivity index (χ3n) is 4.60. The number of hydrogen-bond donors (Lipinski definition) is 1. The Hall–Kier alpha value is -2.21. The summed E-state index contributed by atoms with van der Waals surface area (Å²) in [6.07, 6.45) is 0.873. The minimum Gasteiger partial charge on any atom is -0.490 e. The van der Waals surface area contributed by atoms with Gasteiger partial charge in [0.2, 0.25) is 0 Å². The zero-order valence-electron chi connectivity index (χ0n) is 15.9. The fraction of sp³-hybridized carbons (Fsp3) is 0.550. The maximum absolute atomic E-state index is 13.1. The monoisotopic (exact) mass is 361 g/mol. The van der Waals surface area contributed by atoms with Gasteiger partial charge in [0.1, 0.15) is 11.5 Å². The van der Waals surface area contributed by atoms with Crippen LogP contribution < -0.4 is 4.74 Å². The molecular weight excluding hydrogens is 334 g/mol. The van der Waals surface area contributed by atoms with Crippen molar-refractivity contribution in [2.75, 3.05) is 0 Å². The van der Waals surface area contributed by atoms with Crippen LogP contribution in [0.15, 0.2) is 12.1 Å². The van der Waals surface area contributed by atoms with Gasteiger partial charge in [0.25, 0.3) is 5.91 Å². The molecule has 6 heteroatoms. The lowest BCUT2D eigenvalue weighted by molar-refractivity contribution is -0.122. The molecule has 6 nitrogen and oxygen atoms in total. The van der Waals surface area contributed by atoms with Crippen molar-refractivity contribution < 1.29 is 24.2 Å². The summed E-state index contributed by atoms with van der Waals surface area (Å²) in [5.41, 5.74) is 1.74. The Morgan fingerprint density at radius 2 is 2.00 bits per heavy atom. The van der Waals surface area contributed by atoms with Crippen molar-refractivity contribution in [3.63, 3.8) is 0 Å². The summed E-state index contributed by atoms with van der Waals surface area (Å²) in [5.74, 6) is 0.0464. The lowest BCUT2D eigenvalue weighted by Gasteiger charge is -2.25. The Balaban J connectivity index is 2.35. The number of aliphatic hydroxyl groups excluding tert-OH is 1. The average Bonchev–Trinajstić information content (AvgIpc) is 2.91. The quantitative estimate of drug-likeness (QED) is 0.731. The lowest BCUT2D eigenvalue weighted by Crippen LogP contribution is -2.40. The predicted molar refractivity (Wildman–Crippen MR) is 97.0 cm³/mol. The highest BCUT2D eigenvalue weighted by molar-refractivity contribution is 6.03. The van der Waals surface area contributed by atoms with E-state index in [1.165, 1.54) is 11.8 Å². The van der Waals surface area contributed by atoms with Crippen molar-refractivity contribution in [1.82, 2.24) is 4.90 Å². The Bertz CT molecular complexity index is 710. The van der Waals surface area contributed by atoms with Gasteiger partial charge in [-0.15, -0.1) is 0 Å². The molecule has 1 unspecified atom stereocenters. The van der Waals surface area contributed by atoms with Gasteiger partial charge >= 0.3 is 0 Å². The van der Waals surface area contributed by atoms with Crippen LogP contribution in [0.4, 0.5) is 0 Å². The molecule has 1 aromatic rings. The summed E-state index contributed by atoms with van der Waals surface area (Å²) in [7, 11) is 0. The van der Waals surface area contributed by atoms with E-state index in [0.29, 0.717) is 36.3 Å². The third kappa shape index (κ3) is 4.12. The number of hydrogen-bond acceptors (Lipinski definition) is 5. The molecule has 26 heavy (non-hydrogen) atoms. The molecule has 0 fully saturated rings. The van der Waals surface area contributed by atoms with Crippen LogP contribution in [0.5, 0.6) is 5.75 Å². The van der Waals surface area contributed by atoms with Crippen LogP contribution in [0.3, 0.4) is 0 Å². The Labute approximate surface area is 154 Å². The molecule has 0 aliphatic carbocycles. The average molecular weight is 361 g/mol. The molecule has 1 aromatic carbocycles. The van der Waals surface area contributed by atoms with Crippen molar-refractivity contribution in [2.24, 2.45) is 0 Å². The number of benzene rings is 1. The molecule has 0 aromatic heterocycles. The van der Waals surface area contributed by atoms with E-state index in [-0.39, 0.29) is 36.6 Å². The number of rotatable bonds is 9. The first-order valence-corrected chi connectivity index (χ1v) is 9.05. The van der Waals surface area contributed by atoms with E-state index in [9.17, 15) is 19.5 Å². The Morgan fingerprint density at radius 3 is 2.54 bits per heavy atom. The van der Waals surface area contributed by atoms with E-state index in [1.54, 1.807) is 19.1 Å². The first-order valence-electron chi connectivity index (χ1n) is 9.05. The van der Waals surface area contributed by atoms with E-state index in [0.717, 1.165) is 5.56 Å². The summed E-state index contributed by atoms with van der Waals surface area (Å²) >= 11 is 0. The van der Waals surface area contributed by atoms with Crippen LogP contribution in [0, 0.1) is 0 Å². The van der Waals surface area contributed by atoms with Crippen LogP contribution >= 0.6 is 0 Å². The maximum atomic E-state index is 13.1. The van der Waals surface area contributed by atoms with Crippen LogP contribution in [-0.4, -0.2) is 39.6 Å². The molecule has 0 bridgehead atoms. The molecule has 0 saturated heterocycles. The fourth-order valence-electron chi connectivity index (χ4n) is 3.23. The second-order valence-corrected chi connectivity index (χ2v) is 6.90. The molecular formula is C20H27NO5. The molecule has 0 saturated carbocycles. The standard InChI is InChI=1S/C20H27NO5/c1-5-16(24)8-9-17(13(4)23)21-10-14-6-7-15(11-22)19(26-12(2)3)18(14)20(21)25/h6-7,12,17,22H,5,8-11H2,1-4H3. The van der Waals surface area contributed by atoms with Gasteiger partial charge < -0.3 is 14.7 Å². The summed E-state index contributed by atoms with van der Waals surface area (Å²) in [6, 6.07) is 2.91. The minimum atomic E-state index is -0.630.